The maximum absolute atomic E-state index is 13.2. The molecule has 1 amide bonds. The summed E-state index contributed by atoms with van der Waals surface area (Å²) in [5, 5.41) is 6.24. The van der Waals surface area contributed by atoms with E-state index in [1.54, 1.807) is 12.1 Å². The van der Waals surface area contributed by atoms with E-state index in [0.717, 1.165) is 92.1 Å². The predicted molar refractivity (Wildman–Crippen MR) is 206 cm³/mol. The quantitative estimate of drug-likeness (QED) is 0.182. The summed E-state index contributed by atoms with van der Waals surface area (Å²) in [7, 11) is 0. The third-order valence-electron chi connectivity index (χ3n) is 11.9. The van der Waals surface area contributed by atoms with Gasteiger partial charge < -0.3 is 19.5 Å². The van der Waals surface area contributed by atoms with Gasteiger partial charge in [0.15, 0.2) is 0 Å². The highest BCUT2D eigenvalue weighted by molar-refractivity contribution is 6.07. The minimum Gasteiger partial charge on any atom is -0.444 e. The van der Waals surface area contributed by atoms with Crippen LogP contribution in [0.1, 0.15) is 80.5 Å². The minimum absolute atomic E-state index is 0.106. The van der Waals surface area contributed by atoms with Gasteiger partial charge in [-0.1, -0.05) is 54.6 Å². The zero-order chi connectivity index (χ0) is 36.5. The van der Waals surface area contributed by atoms with E-state index in [-0.39, 0.29) is 36.2 Å². The molecule has 2 unspecified atom stereocenters. The largest absolute Gasteiger partial charge is 0.444 e. The van der Waals surface area contributed by atoms with Gasteiger partial charge in [-0.2, -0.15) is 0 Å². The smallest absolute Gasteiger partial charge is 0.411 e. The van der Waals surface area contributed by atoms with Crippen molar-refractivity contribution in [1.82, 2.24) is 29.9 Å². The number of hydrogen-bond donors (Lipinski definition) is 2. The number of ether oxygens (including phenoxy) is 1. The van der Waals surface area contributed by atoms with Crippen molar-refractivity contribution in [1.29, 1.82) is 0 Å². The molecule has 0 bridgehead atoms. The zero-order valence-electron chi connectivity index (χ0n) is 30.4. The van der Waals surface area contributed by atoms with E-state index in [2.05, 4.69) is 70.6 Å². The first-order valence-corrected chi connectivity index (χ1v) is 19.1. The van der Waals surface area contributed by atoms with Gasteiger partial charge in [0.05, 0.1) is 39.7 Å². The lowest BCUT2D eigenvalue weighted by Crippen LogP contribution is -2.38. The van der Waals surface area contributed by atoms with Gasteiger partial charge in [-0.05, 0) is 117 Å². The normalized spacial score (nSPS) is 24.7. The summed E-state index contributed by atoms with van der Waals surface area (Å²) in [6, 6.07) is 31.0. The Bertz CT molecular complexity index is 2680. The van der Waals surface area contributed by atoms with E-state index >= 15 is 0 Å². The molecule has 270 valence electrons. The summed E-state index contributed by atoms with van der Waals surface area (Å²) in [5.74, 6) is 2.36. The van der Waals surface area contributed by atoms with E-state index in [4.69, 9.17) is 19.5 Å². The third kappa shape index (κ3) is 5.18. The number of carbonyl (C=O) groups excluding carboxylic acids is 2. The average Bonchev–Trinajstić information content (AvgIpc) is 3.83. The topological polar surface area (TPSA) is 116 Å². The van der Waals surface area contributed by atoms with Crippen LogP contribution in [-0.2, 0) is 9.57 Å². The lowest BCUT2D eigenvalue weighted by atomic mass is 9.98. The Morgan fingerprint density at radius 1 is 0.685 bits per heavy atom. The summed E-state index contributed by atoms with van der Waals surface area (Å²) in [5.41, 5.74) is 6.02. The summed E-state index contributed by atoms with van der Waals surface area (Å²) in [6.07, 6.45) is 3.65. The van der Waals surface area contributed by atoms with Gasteiger partial charge in [0.2, 0.25) is 0 Å². The SMILES string of the molecule is CC(C)(C)OC(=O)N1C2CC2C[C@H]1c1nc2c(ccc3cc(-c4ccc5c(ccc6[nH]c([C@@H]7C[C@H]8C[C@H]8N7OC(=O)c7ccccc7)nc65)c4)ccc32)[nH]1. The molecule has 4 heterocycles. The van der Waals surface area contributed by atoms with Gasteiger partial charge in [-0.3, -0.25) is 4.90 Å². The maximum Gasteiger partial charge on any atom is 0.411 e. The fourth-order valence-electron chi connectivity index (χ4n) is 9.10. The summed E-state index contributed by atoms with van der Waals surface area (Å²) >= 11 is 0. The number of amides is 1. The van der Waals surface area contributed by atoms with E-state index in [1.807, 2.05) is 48.9 Å². The Balaban J connectivity index is 0.874. The number of hydroxylamine groups is 2. The number of aromatic nitrogens is 4. The second kappa shape index (κ2) is 11.4. The molecule has 10 heteroatoms. The Kier molecular flexibility index (Phi) is 6.69. The minimum atomic E-state index is -0.545. The average molecular weight is 717 g/mol. The first kappa shape index (κ1) is 31.8. The number of nitrogens with one attached hydrogen (secondary N) is 2. The number of rotatable bonds is 5. The number of hydrogen-bond acceptors (Lipinski definition) is 7. The number of carbonyl (C=O) groups is 2. The van der Waals surface area contributed by atoms with Gasteiger partial charge in [0, 0.05) is 16.8 Å². The standard InChI is InChI=1S/C44H40N6O4/c1-44(2,3)53-43(52)49-34-19-28(34)21-36(49)40-45-32-15-11-26-17-24(9-13-30(26)38(32)47-40)25-10-14-31-27(18-25)12-16-33-39(31)48-41(46-33)37-22-29-20-35(29)50(37)54-42(51)23-7-5-4-6-8-23/h4-18,28-29,34-37H,19-22H2,1-3H3,(H,45,47)(H,46,48)/t28?,29-,34?,35-,36+,37+/m1/s1. The van der Waals surface area contributed by atoms with E-state index in [0.29, 0.717) is 17.4 Å². The van der Waals surface area contributed by atoms with Crippen LogP contribution in [0, 0.1) is 11.8 Å². The number of aromatic amines is 2. The van der Waals surface area contributed by atoms with Crippen LogP contribution in [-0.4, -0.2) is 59.6 Å². The van der Waals surface area contributed by atoms with Crippen molar-refractivity contribution in [2.45, 2.75) is 76.2 Å². The molecule has 2 saturated heterocycles. The van der Waals surface area contributed by atoms with E-state index in [9.17, 15) is 9.59 Å². The second-order valence-corrected chi connectivity index (χ2v) is 16.7. The predicted octanol–water partition coefficient (Wildman–Crippen LogP) is 9.39. The Morgan fingerprint density at radius 2 is 1.26 bits per heavy atom. The van der Waals surface area contributed by atoms with Crippen LogP contribution in [0.25, 0.3) is 54.7 Å². The molecular weight excluding hydrogens is 677 g/mol. The number of likely N-dealkylation sites (tertiary alicyclic amines) is 1. The highest BCUT2D eigenvalue weighted by Gasteiger charge is 2.57. The van der Waals surface area contributed by atoms with Crippen molar-refractivity contribution in [3.8, 4) is 11.1 Å². The third-order valence-corrected chi connectivity index (χ3v) is 11.9. The fraction of sp³-hybridized carbons (Fsp3) is 0.318. The first-order valence-electron chi connectivity index (χ1n) is 19.1. The second-order valence-electron chi connectivity index (χ2n) is 16.7. The molecule has 2 saturated carbocycles. The zero-order valence-corrected chi connectivity index (χ0v) is 30.4. The van der Waals surface area contributed by atoms with Crippen LogP contribution in [0.2, 0.25) is 0 Å². The van der Waals surface area contributed by atoms with Crippen LogP contribution in [0.3, 0.4) is 0 Å². The maximum atomic E-state index is 13.2. The van der Waals surface area contributed by atoms with Crippen molar-refractivity contribution < 1.29 is 19.2 Å². The van der Waals surface area contributed by atoms with Crippen LogP contribution in [0.4, 0.5) is 4.79 Å². The lowest BCUT2D eigenvalue weighted by molar-refractivity contribution is -0.136. The summed E-state index contributed by atoms with van der Waals surface area (Å²) < 4.78 is 5.80. The number of nitrogens with zero attached hydrogens (tertiary/aromatic N) is 4. The van der Waals surface area contributed by atoms with Gasteiger partial charge in [-0.25, -0.2) is 19.6 Å². The van der Waals surface area contributed by atoms with Gasteiger partial charge in [0.1, 0.15) is 23.3 Å². The molecule has 2 aliphatic carbocycles. The number of piperidine rings is 2. The molecule has 2 N–H and O–H groups in total. The lowest BCUT2D eigenvalue weighted by Gasteiger charge is -2.29. The van der Waals surface area contributed by atoms with Gasteiger partial charge in [0.25, 0.3) is 0 Å². The number of benzene rings is 5. The van der Waals surface area contributed by atoms with Gasteiger partial charge >= 0.3 is 12.1 Å². The van der Waals surface area contributed by atoms with Gasteiger partial charge in [-0.15, -0.1) is 5.06 Å². The number of H-pyrrole nitrogens is 2. The van der Waals surface area contributed by atoms with Crippen molar-refractivity contribution in [3.05, 3.63) is 108 Å². The van der Waals surface area contributed by atoms with Crippen LogP contribution < -0.4 is 0 Å². The molecule has 11 rings (SSSR count). The molecule has 2 aliphatic heterocycles. The fourth-order valence-corrected chi connectivity index (χ4v) is 9.10. The number of imidazole rings is 2. The van der Waals surface area contributed by atoms with Crippen LogP contribution in [0.5, 0.6) is 0 Å². The molecule has 4 aliphatic rings. The first-order chi connectivity index (χ1) is 26.1. The molecule has 4 fully saturated rings. The van der Waals surface area contributed by atoms with Crippen LogP contribution in [0.15, 0.2) is 91.0 Å². The molecule has 6 atom stereocenters. The summed E-state index contributed by atoms with van der Waals surface area (Å²) in [4.78, 5) is 51.4. The molecular formula is C44H40N6O4. The molecule has 0 spiro atoms. The molecule has 0 radical (unpaired) electrons. The highest BCUT2D eigenvalue weighted by Crippen LogP contribution is 2.54. The Labute approximate surface area is 311 Å². The Morgan fingerprint density at radius 3 is 1.89 bits per heavy atom. The highest BCUT2D eigenvalue weighted by atomic mass is 16.7. The molecule has 2 aromatic heterocycles. The van der Waals surface area contributed by atoms with Crippen molar-refractivity contribution in [2.24, 2.45) is 11.8 Å². The monoisotopic (exact) mass is 716 g/mol. The van der Waals surface area contributed by atoms with E-state index < -0.39 is 5.60 Å². The summed E-state index contributed by atoms with van der Waals surface area (Å²) in [6.45, 7) is 5.73. The molecule has 10 nitrogen and oxygen atoms in total. The van der Waals surface area contributed by atoms with Crippen molar-refractivity contribution >= 4 is 55.7 Å². The van der Waals surface area contributed by atoms with E-state index in [1.165, 1.54) is 0 Å². The molecule has 54 heavy (non-hydrogen) atoms. The van der Waals surface area contributed by atoms with Crippen LogP contribution >= 0.6 is 0 Å². The molecule has 5 aromatic carbocycles. The number of fused-ring (bicyclic) bond motifs is 8. The Hall–Kier alpha value is -5.74. The molecule has 7 aromatic rings. The van der Waals surface area contributed by atoms with Crippen molar-refractivity contribution in [3.63, 3.8) is 0 Å². The van der Waals surface area contributed by atoms with Crippen molar-refractivity contribution in [2.75, 3.05) is 0 Å².